The number of nitrogens with zero attached hydrogens (tertiary/aromatic N) is 2. The number of hydrogen-bond acceptors (Lipinski definition) is 4. The predicted molar refractivity (Wildman–Crippen MR) is 76.9 cm³/mol. The molecule has 2 aromatic rings. The molecule has 0 unspecified atom stereocenters. The molecule has 1 fully saturated rings. The van der Waals surface area contributed by atoms with Crippen molar-refractivity contribution in [2.75, 3.05) is 19.8 Å². The number of aliphatic hydroxyl groups excluding tert-OH is 1. The minimum atomic E-state index is -0.547. The van der Waals surface area contributed by atoms with Crippen LogP contribution >= 0.6 is 0 Å². The van der Waals surface area contributed by atoms with E-state index < -0.39 is 5.54 Å². The van der Waals surface area contributed by atoms with Gasteiger partial charge in [0.1, 0.15) is 5.65 Å². The normalized spacial score (nSPS) is 17.8. The van der Waals surface area contributed by atoms with Gasteiger partial charge in [-0.3, -0.25) is 4.79 Å². The van der Waals surface area contributed by atoms with E-state index in [9.17, 15) is 9.90 Å². The molecule has 3 heterocycles. The quantitative estimate of drug-likeness (QED) is 0.861. The third kappa shape index (κ3) is 3.06. The van der Waals surface area contributed by atoms with Crippen molar-refractivity contribution in [3.05, 3.63) is 36.3 Å². The van der Waals surface area contributed by atoms with Crippen LogP contribution in [0.5, 0.6) is 0 Å². The zero-order chi connectivity index (χ0) is 14.7. The van der Waals surface area contributed by atoms with Gasteiger partial charge in [0, 0.05) is 25.6 Å². The lowest BCUT2D eigenvalue weighted by molar-refractivity contribution is -0.124. The van der Waals surface area contributed by atoms with Crippen LogP contribution in [0.25, 0.3) is 5.65 Å². The van der Waals surface area contributed by atoms with Gasteiger partial charge < -0.3 is 19.6 Å². The number of amides is 1. The minimum Gasteiger partial charge on any atom is -0.394 e. The molecule has 2 aromatic heterocycles. The Bertz CT molecular complexity index is 599. The Balaban J connectivity index is 1.68. The van der Waals surface area contributed by atoms with Crippen LogP contribution in [-0.4, -0.2) is 45.8 Å². The molecule has 0 aliphatic carbocycles. The van der Waals surface area contributed by atoms with Crippen molar-refractivity contribution in [3.8, 4) is 0 Å². The van der Waals surface area contributed by atoms with Gasteiger partial charge in [-0.15, -0.1) is 0 Å². The van der Waals surface area contributed by atoms with Crippen molar-refractivity contribution in [2.24, 2.45) is 0 Å². The zero-order valence-corrected chi connectivity index (χ0v) is 11.8. The van der Waals surface area contributed by atoms with E-state index in [0.29, 0.717) is 26.1 Å². The topological polar surface area (TPSA) is 75.9 Å². The van der Waals surface area contributed by atoms with E-state index in [1.165, 1.54) is 0 Å². The number of hydrogen-bond donors (Lipinski definition) is 2. The van der Waals surface area contributed by atoms with Crippen LogP contribution in [0.3, 0.4) is 0 Å². The molecule has 0 radical (unpaired) electrons. The highest BCUT2D eigenvalue weighted by Gasteiger charge is 2.33. The fraction of sp³-hybridized carbons (Fsp3) is 0.467. The molecule has 3 rings (SSSR count). The number of ether oxygens (including phenoxy) is 1. The van der Waals surface area contributed by atoms with Gasteiger partial charge in [-0.1, -0.05) is 6.07 Å². The first-order chi connectivity index (χ1) is 10.2. The highest BCUT2D eigenvalue weighted by Crippen LogP contribution is 2.20. The number of imidazole rings is 1. The average Bonchev–Trinajstić information content (AvgIpc) is 2.90. The van der Waals surface area contributed by atoms with Gasteiger partial charge in [0.25, 0.3) is 0 Å². The third-order valence-corrected chi connectivity index (χ3v) is 3.91. The summed E-state index contributed by atoms with van der Waals surface area (Å²) in [5.41, 5.74) is 0.996. The molecule has 0 atom stereocenters. The molecule has 6 nitrogen and oxygen atoms in total. The molecule has 21 heavy (non-hydrogen) atoms. The first kappa shape index (κ1) is 14.0. The highest BCUT2D eigenvalue weighted by atomic mass is 16.5. The van der Waals surface area contributed by atoms with Crippen molar-refractivity contribution in [1.82, 2.24) is 14.7 Å². The van der Waals surface area contributed by atoms with Crippen LogP contribution in [-0.2, 0) is 16.0 Å². The molecule has 0 aromatic carbocycles. The van der Waals surface area contributed by atoms with Crippen molar-refractivity contribution in [1.29, 1.82) is 0 Å². The maximum Gasteiger partial charge on any atom is 0.226 e. The number of fused-ring (bicyclic) bond motifs is 1. The van der Waals surface area contributed by atoms with Crippen LogP contribution in [0.1, 0.15) is 18.5 Å². The molecule has 1 amide bonds. The number of pyridine rings is 1. The minimum absolute atomic E-state index is 0.0622. The van der Waals surface area contributed by atoms with Crippen molar-refractivity contribution >= 4 is 11.6 Å². The van der Waals surface area contributed by atoms with Crippen LogP contribution < -0.4 is 5.32 Å². The van der Waals surface area contributed by atoms with Crippen LogP contribution in [0.15, 0.2) is 30.6 Å². The summed E-state index contributed by atoms with van der Waals surface area (Å²) in [5, 5.41) is 12.5. The number of aromatic nitrogens is 2. The first-order valence-electron chi connectivity index (χ1n) is 7.13. The molecular weight excluding hydrogens is 270 g/mol. The second-order valence-electron chi connectivity index (χ2n) is 5.47. The summed E-state index contributed by atoms with van der Waals surface area (Å²) < 4.78 is 7.18. The Hall–Kier alpha value is -1.92. The zero-order valence-electron chi connectivity index (χ0n) is 11.8. The molecule has 6 heteroatoms. The molecule has 112 valence electrons. The SMILES string of the molecule is O=C(Cc1cn2ccccc2n1)NC1(CO)CCOCC1. The standard InChI is InChI=1S/C15H19N3O3/c19-11-15(4-7-21-8-5-15)17-14(20)9-12-10-18-6-2-1-3-13(18)16-12/h1-3,6,10,19H,4-5,7-9,11H2,(H,17,20). The van der Waals surface area contributed by atoms with Crippen molar-refractivity contribution < 1.29 is 14.6 Å². The molecule has 0 saturated carbocycles. The lowest BCUT2D eigenvalue weighted by Crippen LogP contribution is -2.55. The van der Waals surface area contributed by atoms with E-state index in [2.05, 4.69) is 10.3 Å². The molecule has 2 N–H and O–H groups in total. The Morgan fingerprint density at radius 1 is 1.43 bits per heavy atom. The van der Waals surface area contributed by atoms with Gasteiger partial charge in [-0.25, -0.2) is 4.98 Å². The first-order valence-corrected chi connectivity index (χ1v) is 7.13. The van der Waals surface area contributed by atoms with Gasteiger partial charge in [0.15, 0.2) is 0 Å². The molecular formula is C15H19N3O3. The molecule has 1 aliphatic rings. The molecule has 0 spiro atoms. The Morgan fingerprint density at radius 3 is 2.95 bits per heavy atom. The van der Waals surface area contributed by atoms with Crippen LogP contribution in [0, 0.1) is 0 Å². The third-order valence-electron chi connectivity index (χ3n) is 3.91. The lowest BCUT2D eigenvalue weighted by Gasteiger charge is -2.36. The Labute approximate surface area is 122 Å². The smallest absolute Gasteiger partial charge is 0.226 e. The van der Waals surface area contributed by atoms with Gasteiger partial charge >= 0.3 is 0 Å². The lowest BCUT2D eigenvalue weighted by atomic mass is 9.91. The van der Waals surface area contributed by atoms with Gasteiger partial charge in [-0.2, -0.15) is 0 Å². The second-order valence-corrected chi connectivity index (χ2v) is 5.47. The summed E-state index contributed by atoms with van der Waals surface area (Å²) in [6.45, 7) is 1.07. The largest absolute Gasteiger partial charge is 0.394 e. The highest BCUT2D eigenvalue weighted by molar-refractivity contribution is 5.79. The van der Waals surface area contributed by atoms with E-state index >= 15 is 0 Å². The Morgan fingerprint density at radius 2 is 2.24 bits per heavy atom. The fourth-order valence-corrected chi connectivity index (χ4v) is 2.66. The maximum atomic E-state index is 12.2. The summed E-state index contributed by atoms with van der Waals surface area (Å²) in [6, 6.07) is 5.73. The van der Waals surface area contributed by atoms with Crippen molar-refractivity contribution in [3.63, 3.8) is 0 Å². The fourth-order valence-electron chi connectivity index (χ4n) is 2.66. The van der Waals surface area contributed by atoms with E-state index in [0.717, 1.165) is 11.3 Å². The molecule has 1 saturated heterocycles. The second kappa shape index (κ2) is 5.83. The summed E-state index contributed by atoms with van der Waals surface area (Å²) in [5.74, 6) is -0.116. The number of carbonyl (C=O) groups excluding carboxylic acids is 1. The number of rotatable bonds is 4. The van der Waals surface area contributed by atoms with E-state index in [1.807, 2.05) is 35.0 Å². The van der Waals surface area contributed by atoms with Crippen molar-refractivity contribution in [2.45, 2.75) is 24.8 Å². The van der Waals surface area contributed by atoms with Gasteiger partial charge in [-0.05, 0) is 25.0 Å². The summed E-state index contributed by atoms with van der Waals surface area (Å²) in [6.07, 6.45) is 5.24. The summed E-state index contributed by atoms with van der Waals surface area (Å²) in [4.78, 5) is 16.6. The van der Waals surface area contributed by atoms with Crippen LogP contribution in [0.2, 0.25) is 0 Å². The Kier molecular flexibility index (Phi) is 3.90. The molecule has 1 aliphatic heterocycles. The maximum absolute atomic E-state index is 12.2. The van der Waals surface area contributed by atoms with Crippen LogP contribution in [0.4, 0.5) is 0 Å². The van der Waals surface area contributed by atoms with E-state index in [-0.39, 0.29) is 18.9 Å². The average molecular weight is 289 g/mol. The summed E-state index contributed by atoms with van der Waals surface area (Å²) in [7, 11) is 0. The number of aliphatic hydroxyl groups is 1. The summed E-state index contributed by atoms with van der Waals surface area (Å²) >= 11 is 0. The number of carbonyl (C=O) groups is 1. The molecule has 0 bridgehead atoms. The van der Waals surface area contributed by atoms with E-state index in [4.69, 9.17) is 4.74 Å². The monoisotopic (exact) mass is 289 g/mol. The predicted octanol–water partition coefficient (Wildman–Crippen LogP) is 0.534. The van der Waals surface area contributed by atoms with Gasteiger partial charge in [0.2, 0.25) is 5.91 Å². The van der Waals surface area contributed by atoms with Gasteiger partial charge in [0.05, 0.1) is 24.3 Å². The number of nitrogens with one attached hydrogen (secondary N) is 1. The van der Waals surface area contributed by atoms with E-state index in [1.54, 1.807) is 0 Å².